The Kier molecular flexibility index (Phi) is 36.5. The second-order valence-electron chi connectivity index (χ2n) is 30.0. The van der Waals surface area contributed by atoms with E-state index in [2.05, 4.69) is 78.7 Å². The van der Waals surface area contributed by atoms with Crippen molar-refractivity contribution in [3.05, 3.63) is 321 Å². The van der Waals surface area contributed by atoms with Crippen LogP contribution in [0, 0.1) is 44.7 Å². The number of ether oxygens (including phenoxy) is 10. The average molecular weight is 2010 g/mol. The second-order valence-corrected chi connectivity index (χ2v) is 30.3. The van der Waals surface area contributed by atoms with Crippen LogP contribution in [0.25, 0.3) is 101 Å². The average Bonchev–Trinajstić information content (AvgIpc) is 1.63. The fraction of sp³-hybridized carbons (Fsp3) is 0.198. The number of nitrogens with zero attached hydrogens (tertiary/aromatic N) is 16. The van der Waals surface area contributed by atoms with Crippen LogP contribution in [0.3, 0.4) is 0 Å². The Hall–Kier alpha value is -13.1. The van der Waals surface area contributed by atoms with Crippen LogP contribution < -0.4 is 205 Å². The number of hydrogen-bond donors (Lipinski definition) is 0. The molecule has 0 unspecified atom stereocenters. The van der Waals surface area contributed by atoms with Crippen molar-refractivity contribution in [1.82, 2.24) is 74.2 Å². The molecule has 18 aromatic rings. The van der Waals surface area contributed by atoms with Crippen molar-refractivity contribution in [3.63, 3.8) is 0 Å². The van der Waals surface area contributed by atoms with Crippen molar-refractivity contribution in [1.29, 1.82) is 0 Å². The van der Waals surface area contributed by atoms with Crippen molar-refractivity contribution >= 4 is 75.5 Å². The Morgan fingerprint density at radius 2 is 0.730 bits per heavy atom. The zero-order chi connectivity index (χ0) is 96.6. The molecule has 0 radical (unpaired) electrons. The van der Waals surface area contributed by atoms with E-state index in [-0.39, 0.29) is 230 Å². The molecule has 45 heteroatoms. The molecule has 9 aromatic heterocycles. The van der Waals surface area contributed by atoms with Gasteiger partial charge in [0.2, 0.25) is 13.6 Å². The van der Waals surface area contributed by atoms with Crippen LogP contribution in [0.15, 0.2) is 242 Å². The minimum absolute atomic E-state index is 0. The van der Waals surface area contributed by atoms with Crippen LogP contribution in [0.5, 0.6) is 18.0 Å². The third-order valence-corrected chi connectivity index (χ3v) is 21.4. The Bertz CT molecular complexity index is 7790. The van der Waals surface area contributed by atoms with Gasteiger partial charge >= 0.3 is 207 Å². The number of carbonyl (C=O) groups is 5. The number of carbonyl (C=O) groups excluding carboxylic acids is 5. The summed E-state index contributed by atoms with van der Waals surface area (Å²) in [6.07, 6.45) is -2.16. The largest absolute Gasteiger partial charge is 1.00 e. The molecule has 9 heterocycles. The van der Waals surface area contributed by atoms with Gasteiger partial charge in [-0.3, -0.25) is 43.8 Å². The predicted octanol–water partition coefficient (Wildman–Crippen LogP) is 5.54. The first-order chi connectivity index (χ1) is 66.9. The van der Waals surface area contributed by atoms with Crippen LogP contribution >= 0.6 is 12.2 Å². The molecule has 0 N–H and O–H groups in total. The first kappa shape index (κ1) is 105. The maximum atomic E-state index is 13.3. The summed E-state index contributed by atoms with van der Waals surface area (Å²) in [5.41, 5.74) is 16.5. The topological polar surface area (TPSA) is 508 Å². The van der Waals surface area contributed by atoms with E-state index < -0.39 is 61.1 Å². The maximum absolute atomic E-state index is 13.3. The van der Waals surface area contributed by atoms with Gasteiger partial charge in [-0.15, -0.1) is 0 Å². The Balaban J connectivity index is 0.000000176. The van der Waals surface area contributed by atoms with Gasteiger partial charge in [-0.2, -0.15) is 15.0 Å². The molecule has 0 atom stereocenters. The molecular weight excluding hydrogens is 1930 g/mol. The number of rotatable bonds is 31. The van der Waals surface area contributed by atoms with E-state index >= 15 is 0 Å². The van der Waals surface area contributed by atoms with E-state index in [0.29, 0.717) is 129 Å². The first-order valence-corrected chi connectivity index (χ1v) is 42.9. The van der Waals surface area contributed by atoms with Gasteiger partial charge in [0, 0.05) is 24.3 Å². The fourth-order valence-corrected chi connectivity index (χ4v) is 14.9. The molecule has 18 rings (SSSR count). The molecule has 0 amide bonds. The van der Waals surface area contributed by atoms with Gasteiger partial charge in [-0.1, -0.05) is 164 Å². The van der Waals surface area contributed by atoms with Gasteiger partial charge in [-0.25, -0.2) is 38.4 Å². The standard InChI is InChI=1S/C35H32N6O8.C31H26N6O10.C30H24N4O7S.3K/c1-5-45-33-38-28-12-8-11-27(32(42)47-19-48-35(44)46-18-29-22(4)36-20(2)21(3)37-29)30(28)41(33)17-23-13-15-24(16-14-23)25-9-6-7-10-26(25)31-39-34(43)49-40-31;1-3-42-29-32-24-10-6-9-23(28(38)44-17-45-31(40)43-16-25-18(2)37(41)47-34-25)26(24)36(29)15-19-11-13-20(14-12-19)21-7-4-5-8-22(21)27-33-30(39)46-35-27;1-3-37-28-31-23-10-6-9-22(27(35)38-16-24-17(2)39-30(42)40-24)25(23)34(28)15-18-11-13-19(14-12-18)20-7-4-5-8-21(20)26-32-29(36)41-33-26;;;/h6-16H,5,17-19H2,1-4H3,(H,39,40,43);4-14H,3,15-17H2,1-2H3,(H,33,35,39);4-14H,3,15-16H2,1-2H3,(H,32,33,36);;;/q;;;3*+1/p-3. The monoisotopic (exact) mass is 2000 g/mol. The van der Waals surface area contributed by atoms with Gasteiger partial charge in [0.15, 0.2) is 24.7 Å². The molecule has 41 nitrogen and oxygen atoms in total. The molecule has 0 aliphatic heterocycles. The molecule has 0 spiro atoms. The van der Waals surface area contributed by atoms with E-state index in [1.54, 1.807) is 77.6 Å². The Labute approximate surface area is 930 Å². The quantitative estimate of drug-likeness (QED) is 0.0128. The van der Waals surface area contributed by atoms with Crippen molar-refractivity contribution in [2.24, 2.45) is 0 Å². The van der Waals surface area contributed by atoms with Crippen molar-refractivity contribution < 1.29 is 257 Å². The van der Waals surface area contributed by atoms with Gasteiger partial charge in [-0.05, 0) is 174 Å². The molecule has 0 saturated heterocycles. The van der Waals surface area contributed by atoms with Gasteiger partial charge in [0.1, 0.15) is 12.4 Å². The zero-order valence-electron chi connectivity index (χ0n) is 77.6. The molecule has 141 heavy (non-hydrogen) atoms. The number of benzene rings is 9. The molecular formula is C96H79K3N16O25S. The van der Waals surface area contributed by atoms with Crippen LogP contribution in [-0.4, -0.2) is 123 Å². The zero-order valence-corrected chi connectivity index (χ0v) is 87.8. The van der Waals surface area contributed by atoms with E-state index in [9.17, 15) is 43.6 Å². The smallest absolute Gasteiger partial charge is 0.465 e. The predicted molar refractivity (Wildman–Crippen MR) is 486 cm³/mol. The Morgan fingerprint density at radius 3 is 1.06 bits per heavy atom. The van der Waals surface area contributed by atoms with Crippen molar-refractivity contribution in [2.45, 2.75) is 94.8 Å². The number of aromatic nitrogens is 16. The van der Waals surface area contributed by atoms with Gasteiger partial charge < -0.3 is 89.9 Å². The normalized spacial score (nSPS) is 10.8. The summed E-state index contributed by atoms with van der Waals surface area (Å²) in [5.74, 6) is -2.90. The van der Waals surface area contributed by atoms with Crippen molar-refractivity contribution in [2.75, 3.05) is 33.4 Å². The molecule has 702 valence electrons. The summed E-state index contributed by atoms with van der Waals surface area (Å²) in [5, 5.41) is 26.1. The number of aryl methyl sites for hydroxylation is 4. The summed E-state index contributed by atoms with van der Waals surface area (Å²) in [6.45, 7) is 14.1. The molecule has 0 aliphatic carbocycles. The summed E-state index contributed by atoms with van der Waals surface area (Å²) < 4.78 is 87.6. The summed E-state index contributed by atoms with van der Waals surface area (Å²) >= 11 is 4.91. The minimum Gasteiger partial charge on any atom is -0.465 e. The SMILES string of the molecule is CCOc1nc2cccc(C(=O)OCOC(=O)OCc3nc(C)c(C)nc3C)c2n1Cc1ccc(-c2ccccc2-c2noc(=O)[n-]2)cc1.CCOc1nc2cccc(C(=O)OCOC(=O)OCc3no[n+]([O-])c3C)c2n1Cc1ccc(-c2ccccc2-c2noc(=O)[n-]2)cc1.CCOc1nc2cccc(C(=O)OCc3oc(=S)oc3C)c2n1Cc1ccc(-c2ccccc2-c2noc(=O)[n-]2)cc1.[K+].[K+].[K+]. The third-order valence-electron chi connectivity index (χ3n) is 21.3. The second kappa shape index (κ2) is 48.9. The Morgan fingerprint density at radius 1 is 0.383 bits per heavy atom. The molecule has 9 aromatic carbocycles. The van der Waals surface area contributed by atoms with E-state index in [0.717, 1.165) is 61.5 Å². The van der Waals surface area contributed by atoms with Crippen LogP contribution in [0.1, 0.15) is 114 Å². The number of imidazole rings is 3. The van der Waals surface area contributed by atoms with Crippen molar-refractivity contribution in [3.8, 4) is 85.6 Å². The van der Waals surface area contributed by atoms with E-state index in [1.165, 1.54) is 6.92 Å². The summed E-state index contributed by atoms with van der Waals surface area (Å²) in [4.78, 5) is 132. The van der Waals surface area contributed by atoms with E-state index in [4.69, 9.17) is 68.4 Å². The number of esters is 3. The number of hydrogen-bond acceptors (Lipinski definition) is 35. The van der Waals surface area contributed by atoms with Crippen LogP contribution in [0.4, 0.5) is 9.59 Å². The van der Waals surface area contributed by atoms with Crippen LogP contribution in [-0.2, 0) is 72.6 Å². The summed E-state index contributed by atoms with van der Waals surface area (Å²) in [6, 6.07) is 61.8. The number of para-hydroxylation sites is 3. The number of fused-ring (bicyclic) bond motifs is 3. The fourth-order valence-electron chi connectivity index (χ4n) is 14.6. The van der Waals surface area contributed by atoms with Gasteiger partial charge in [0.05, 0.1) is 112 Å². The minimum atomic E-state index is -1.14. The molecule has 0 fully saturated rings. The maximum Gasteiger partial charge on any atom is 1.00 e. The van der Waals surface area contributed by atoms with Gasteiger partial charge in [0.25, 0.3) is 23.7 Å². The molecule has 0 saturated carbocycles. The first-order valence-electron chi connectivity index (χ1n) is 42.4. The van der Waals surface area contributed by atoms with Crippen LogP contribution in [0.2, 0.25) is 0 Å². The van der Waals surface area contributed by atoms with E-state index in [1.807, 2.05) is 185 Å². The molecule has 0 bridgehead atoms. The molecule has 0 aliphatic rings. The summed E-state index contributed by atoms with van der Waals surface area (Å²) in [7, 11) is 0. The third kappa shape index (κ3) is 25.3.